The van der Waals surface area contributed by atoms with E-state index in [1.54, 1.807) is 24.3 Å². The Balaban J connectivity index is 1.77. The Morgan fingerprint density at radius 1 is 1.07 bits per heavy atom. The molecule has 1 aliphatic heterocycles. The lowest BCUT2D eigenvalue weighted by atomic mass is 9.99. The van der Waals surface area contributed by atoms with Gasteiger partial charge in [-0.1, -0.05) is 45.0 Å². The zero-order valence-corrected chi connectivity index (χ0v) is 16.4. The van der Waals surface area contributed by atoms with Gasteiger partial charge in [-0.2, -0.15) is 0 Å². The fourth-order valence-electron chi connectivity index (χ4n) is 3.66. The van der Waals surface area contributed by atoms with Gasteiger partial charge in [0, 0.05) is 29.9 Å². The lowest BCUT2D eigenvalue weighted by Gasteiger charge is -2.31. The van der Waals surface area contributed by atoms with Gasteiger partial charge in [0.1, 0.15) is 0 Å². The standard InChI is InChI=1S/C23H28N2O2/c1-16(2)20-11-4-5-12-21(20)24-22(26)18-9-6-10-19(14-18)23(27)25-13-7-8-17(3)15-25/h4-6,9-12,14,16-17H,7-8,13,15H2,1-3H3,(H,24,26). The summed E-state index contributed by atoms with van der Waals surface area (Å²) in [5.74, 6) is 0.667. The zero-order valence-electron chi connectivity index (χ0n) is 16.4. The Morgan fingerprint density at radius 2 is 1.81 bits per heavy atom. The Kier molecular flexibility index (Phi) is 5.94. The number of hydrogen-bond acceptors (Lipinski definition) is 2. The maximum absolute atomic E-state index is 12.8. The van der Waals surface area contributed by atoms with Crippen LogP contribution in [0.15, 0.2) is 48.5 Å². The van der Waals surface area contributed by atoms with Crippen LogP contribution in [0.1, 0.15) is 65.8 Å². The highest BCUT2D eigenvalue weighted by Gasteiger charge is 2.22. The molecule has 1 saturated heterocycles. The van der Waals surface area contributed by atoms with Crippen molar-refractivity contribution in [3.8, 4) is 0 Å². The molecular weight excluding hydrogens is 336 g/mol. The van der Waals surface area contributed by atoms with E-state index in [-0.39, 0.29) is 11.8 Å². The molecule has 1 aliphatic rings. The number of nitrogens with zero attached hydrogens (tertiary/aromatic N) is 1. The molecule has 2 amide bonds. The summed E-state index contributed by atoms with van der Waals surface area (Å²) in [6.07, 6.45) is 2.21. The molecule has 1 N–H and O–H groups in total. The van der Waals surface area contributed by atoms with Crippen LogP contribution < -0.4 is 5.32 Å². The minimum absolute atomic E-state index is 0.0128. The minimum atomic E-state index is -0.190. The van der Waals surface area contributed by atoms with E-state index in [4.69, 9.17) is 0 Å². The van der Waals surface area contributed by atoms with Crippen LogP contribution in [-0.4, -0.2) is 29.8 Å². The van der Waals surface area contributed by atoms with Crippen molar-refractivity contribution in [1.29, 1.82) is 0 Å². The van der Waals surface area contributed by atoms with Gasteiger partial charge in [0.25, 0.3) is 11.8 Å². The van der Waals surface area contributed by atoms with Crippen LogP contribution in [0.25, 0.3) is 0 Å². The number of nitrogens with one attached hydrogen (secondary N) is 1. The summed E-state index contributed by atoms with van der Waals surface area (Å²) >= 11 is 0. The summed E-state index contributed by atoms with van der Waals surface area (Å²) in [6.45, 7) is 7.96. The van der Waals surface area contributed by atoms with Crippen LogP contribution in [0.5, 0.6) is 0 Å². The lowest BCUT2D eigenvalue weighted by Crippen LogP contribution is -2.39. The molecule has 2 aromatic rings. The fraction of sp³-hybridized carbons (Fsp3) is 0.391. The van der Waals surface area contributed by atoms with Gasteiger partial charge in [0.2, 0.25) is 0 Å². The van der Waals surface area contributed by atoms with Gasteiger partial charge in [-0.15, -0.1) is 0 Å². The van der Waals surface area contributed by atoms with Crippen molar-refractivity contribution in [3.63, 3.8) is 0 Å². The lowest BCUT2D eigenvalue weighted by molar-refractivity contribution is 0.0683. The van der Waals surface area contributed by atoms with Crippen molar-refractivity contribution in [2.24, 2.45) is 5.92 Å². The van der Waals surface area contributed by atoms with Crippen LogP contribution in [0.4, 0.5) is 5.69 Å². The molecule has 1 unspecified atom stereocenters. The van der Waals surface area contributed by atoms with E-state index < -0.39 is 0 Å². The molecule has 0 aliphatic carbocycles. The van der Waals surface area contributed by atoms with E-state index in [9.17, 15) is 9.59 Å². The van der Waals surface area contributed by atoms with E-state index in [1.165, 1.54) is 6.42 Å². The Labute approximate surface area is 161 Å². The van der Waals surface area contributed by atoms with Crippen LogP contribution >= 0.6 is 0 Å². The number of anilines is 1. The second kappa shape index (κ2) is 8.38. The highest BCUT2D eigenvalue weighted by Crippen LogP contribution is 2.24. The van der Waals surface area contributed by atoms with E-state index in [2.05, 4.69) is 26.1 Å². The predicted octanol–water partition coefficient (Wildman–Crippen LogP) is 4.93. The molecule has 0 bridgehead atoms. The van der Waals surface area contributed by atoms with Crippen LogP contribution in [-0.2, 0) is 0 Å². The van der Waals surface area contributed by atoms with Crippen molar-refractivity contribution >= 4 is 17.5 Å². The summed E-state index contributed by atoms with van der Waals surface area (Å²) < 4.78 is 0. The van der Waals surface area contributed by atoms with Gasteiger partial charge >= 0.3 is 0 Å². The van der Waals surface area contributed by atoms with Gasteiger partial charge < -0.3 is 10.2 Å². The first-order valence-electron chi connectivity index (χ1n) is 9.75. The SMILES string of the molecule is CC1CCCN(C(=O)c2cccc(C(=O)Nc3ccccc3C(C)C)c2)C1. The molecule has 0 radical (unpaired) electrons. The second-order valence-corrected chi connectivity index (χ2v) is 7.78. The normalized spacial score (nSPS) is 17.0. The van der Waals surface area contributed by atoms with Gasteiger partial charge in [-0.25, -0.2) is 0 Å². The Morgan fingerprint density at radius 3 is 2.56 bits per heavy atom. The first-order valence-corrected chi connectivity index (χ1v) is 9.75. The Bertz CT molecular complexity index is 829. The zero-order chi connectivity index (χ0) is 19.4. The minimum Gasteiger partial charge on any atom is -0.338 e. The summed E-state index contributed by atoms with van der Waals surface area (Å²) in [7, 11) is 0. The number of para-hydroxylation sites is 1. The van der Waals surface area contributed by atoms with E-state index in [1.807, 2.05) is 29.2 Å². The summed E-state index contributed by atoms with van der Waals surface area (Å²) in [5.41, 5.74) is 3.00. The number of likely N-dealkylation sites (tertiary alicyclic amines) is 1. The summed E-state index contributed by atoms with van der Waals surface area (Å²) in [5, 5.41) is 3.00. The first kappa shape index (κ1) is 19.2. The molecule has 3 rings (SSSR count). The molecule has 1 fully saturated rings. The summed E-state index contributed by atoms with van der Waals surface area (Å²) in [6, 6.07) is 14.9. The molecule has 1 atom stereocenters. The molecule has 4 nitrogen and oxygen atoms in total. The number of piperidine rings is 1. The fourth-order valence-corrected chi connectivity index (χ4v) is 3.66. The molecule has 1 heterocycles. The second-order valence-electron chi connectivity index (χ2n) is 7.78. The van der Waals surface area contributed by atoms with Crippen LogP contribution in [0.3, 0.4) is 0 Å². The number of amides is 2. The number of carbonyl (C=O) groups is 2. The van der Waals surface area contributed by atoms with Crippen molar-refractivity contribution in [3.05, 3.63) is 65.2 Å². The monoisotopic (exact) mass is 364 g/mol. The Hall–Kier alpha value is -2.62. The number of hydrogen-bond donors (Lipinski definition) is 1. The van der Waals surface area contributed by atoms with Crippen molar-refractivity contribution in [2.75, 3.05) is 18.4 Å². The van der Waals surface area contributed by atoms with Crippen LogP contribution in [0.2, 0.25) is 0 Å². The van der Waals surface area contributed by atoms with Gasteiger partial charge in [0.15, 0.2) is 0 Å². The predicted molar refractivity (Wildman–Crippen MR) is 109 cm³/mol. The van der Waals surface area contributed by atoms with Crippen molar-refractivity contribution in [2.45, 2.75) is 39.5 Å². The maximum Gasteiger partial charge on any atom is 0.255 e. The maximum atomic E-state index is 12.8. The number of rotatable bonds is 4. The van der Waals surface area contributed by atoms with Crippen molar-refractivity contribution in [1.82, 2.24) is 4.90 Å². The van der Waals surface area contributed by atoms with Gasteiger partial charge in [-0.3, -0.25) is 9.59 Å². The molecular formula is C23H28N2O2. The van der Waals surface area contributed by atoms with Crippen molar-refractivity contribution < 1.29 is 9.59 Å². The number of benzene rings is 2. The number of carbonyl (C=O) groups excluding carboxylic acids is 2. The molecule has 27 heavy (non-hydrogen) atoms. The molecule has 0 spiro atoms. The first-order chi connectivity index (χ1) is 13.0. The van der Waals surface area contributed by atoms with Gasteiger partial charge in [-0.05, 0) is 54.5 Å². The average Bonchev–Trinajstić information content (AvgIpc) is 2.67. The third-order valence-corrected chi connectivity index (χ3v) is 5.15. The third-order valence-electron chi connectivity index (χ3n) is 5.15. The third kappa shape index (κ3) is 4.57. The molecule has 0 saturated carbocycles. The van der Waals surface area contributed by atoms with Gasteiger partial charge in [0.05, 0.1) is 0 Å². The average molecular weight is 364 g/mol. The topological polar surface area (TPSA) is 49.4 Å². The quantitative estimate of drug-likeness (QED) is 0.836. The highest BCUT2D eigenvalue weighted by molar-refractivity contribution is 6.06. The van der Waals surface area contributed by atoms with Crippen LogP contribution in [0, 0.1) is 5.92 Å². The largest absolute Gasteiger partial charge is 0.338 e. The van der Waals surface area contributed by atoms with E-state index in [0.29, 0.717) is 23.0 Å². The van der Waals surface area contributed by atoms with E-state index >= 15 is 0 Å². The highest BCUT2D eigenvalue weighted by atomic mass is 16.2. The molecule has 0 aromatic heterocycles. The molecule has 2 aromatic carbocycles. The van der Waals surface area contributed by atoms with E-state index in [0.717, 1.165) is 30.8 Å². The molecule has 4 heteroatoms. The summed E-state index contributed by atoms with van der Waals surface area (Å²) in [4.78, 5) is 27.5. The molecule has 142 valence electrons. The smallest absolute Gasteiger partial charge is 0.255 e.